The van der Waals surface area contributed by atoms with Crippen LogP contribution in [0.2, 0.25) is 0 Å². The summed E-state index contributed by atoms with van der Waals surface area (Å²) in [7, 11) is -3.44. The fourth-order valence-corrected chi connectivity index (χ4v) is 3.35. The third-order valence-electron chi connectivity index (χ3n) is 3.51. The molecule has 0 unspecified atom stereocenters. The van der Waals surface area contributed by atoms with E-state index in [4.69, 9.17) is 0 Å². The molecular formula is C17H14N2O3S. The first kappa shape index (κ1) is 15.3. The minimum Gasteiger partial charge on any atom is -0.294 e. The van der Waals surface area contributed by atoms with Crippen molar-refractivity contribution in [2.75, 3.05) is 6.26 Å². The zero-order valence-electron chi connectivity index (χ0n) is 12.6. The maximum absolute atomic E-state index is 12.0. The van der Waals surface area contributed by atoms with E-state index in [1.165, 1.54) is 13.0 Å². The van der Waals surface area contributed by atoms with E-state index < -0.39 is 9.84 Å². The van der Waals surface area contributed by atoms with Crippen LogP contribution in [0.4, 0.5) is 0 Å². The van der Waals surface area contributed by atoms with Gasteiger partial charge in [0.1, 0.15) is 0 Å². The van der Waals surface area contributed by atoms with Crippen molar-refractivity contribution in [3.63, 3.8) is 0 Å². The number of benzene rings is 1. The van der Waals surface area contributed by atoms with Gasteiger partial charge >= 0.3 is 0 Å². The van der Waals surface area contributed by atoms with Crippen molar-refractivity contribution < 1.29 is 13.2 Å². The van der Waals surface area contributed by atoms with Crippen molar-refractivity contribution in [1.29, 1.82) is 0 Å². The summed E-state index contributed by atoms with van der Waals surface area (Å²) in [5, 5.41) is 0. The molecule has 0 saturated heterocycles. The van der Waals surface area contributed by atoms with Crippen LogP contribution in [0.5, 0.6) is 0 Å². The first-order valence-corrected chi connectivity index (χ1v) is 8.83. The predicted octanol–water partition coefficient (Wildman–Crippen LogP) is 2.90. The molecule has 0 fully saturated rings. The van der Waals surface area contributed by atoms with Crippen molar-refractivity contribution in [3.05, 3.63) is 54.2 Å². The molecule has 6 heteroatoms. The highest BCUT2D eigenvalue weighted by atomic mass is 32.2. The lowest BCUT2D eigenvalue weighted by atomic mass is 10.0. The van der Waals surface area contributed by atoms with E-state index in [9.17, 15) is 13.2 Å². The number of hydrogen-bond acceptors (Lipinski definition) is 5. The first-order valence-electron chi connectivity index (χ1n) is 6.94. The van der Waals surface area contributed by atoms with E-state index in [-0.39, 0.29) is 10.7 Å². The molecule has 3 aromatic rings. The fraction of sp³-hybridized carbons (Fsp3) is 0.118. The summed E-state index contributed by atoms with van der Waals surface area (Å²) in [6.07, 6.45) is 2.76. The minimum atomic E-state index is -3.44. The van der Waals surface area contributed by atoms with Crippen LogP contribution < -0.4 is 0 Å². The van der Waals surface area contributed by atoms with Crippen molar-refractivity contribution in [1.82, 2.24) is 9.97 Å². The number of nitrogens with zero attached hydrogens (tertiary/aromatic N) is 2. The second-order valence-electron chi connectivity index (χ2n) is 5.25. The SMILES string of the molecule is CC(=O)c1cc2ncccc2nc1-c1ccccc1S(C)(=O)=O. The molecule has 0 aliphatic heterocycles. The Labute approximate surface area is 133 Å². The monoisotopic (exact) mass is 326 g/mol. The van der Waals surface area contributed by atoms with Crippen LogP contribution in [-0.2, 0) is 9.84 Å². The Morgan fingerprint density at radius 3 is 2.48 bits per heavy atom. The molecule has 0 aliphatic carbocycles. The first-order chi connectivity index (χ1) is 10.9. The Balaban J connectivity index is 2.41. The third kappa shape index (κ3) is 2.85. The zero-order chi connectivity index (χ0) is 16.6. The molecule has 1 aromatic carbocycles. The summed E-state index contributed by atoms with van der Waals surface area (Å²) >= 11 is 0. The lowest BCUT2D eigenvalue weighted by molar-refractivity contribution is 0.101. The molecule has 3 rings (SSSR count). The average molecular weight is 326 g/mol. The number of aromatic nitrogens is 2. The van der Waals surface area contributed by atoms with E-state index in [0.717, 1.165) is 6.26 Å². The number of Topliss-reactive ketones (excluding diaryl/α,β-unsaturated/α-hetero) is 1. The minimum absolute atomic E-state index is 0.151. The molecule has 0 N–H and O–H groups in total. The maximum atomic E-state index is 12.0. The van der Waals surface area contributed by atoms with Crippen LogP contribution in [0, 0.1) is 0 Å². The largest absolute Gasteiger partial charge is 0.294 e. The zero-order valence-corrected chi connectivity index (χ0v) is 13.5. The van der Waals surface area contributed by atoms with Crippen molar-refractivity contribution in [2.24, 2.45) is 0 Å². The summed E-state index contributed by atoms with van der Waals surface area (Å²) in [6, 6.07) is 11.7. The highest BCUT2D eigenvalue weighted by Gasteiger charge is 2.20. The Morgan fingerprint density at radius 1 is 1.04 bits per heavy atom. The Morgan fingerprint density at radius 2 is 1.78 bits per heavy atom. The van der Waals surface area contributed by atoms with E-state index in [2.05, 4.69) is 9.97 Å². The highest BCUT2D eigenvalue weighted by Crippen LogP contribution is 2.30. The topological polar surface area (TPSA) is 77.0 Å². The molecule has 23 heavy (non-hydrogen) atoms. The second-order valence-corrected chi connectivity index (χ2v) is 7.23. The molecule has 0 aliphatic rings. The summed E-state index contributed by atoms with van der Waals surface area (Å²) in [6.45, 7) is 1.43. The van der Waals surface area contributed by atoms with Gasteiger partial charge in [-0.3, -0.25) is 9.78 Å². The van der Waals surface area contributed by atoms with Crippen molar-refractivity contribution in [2.45, 2.75) is 11.8 Å². The van der Waals surface area contributed by atoms with E-state index >= 15 is 0 Å². The third-order valence-corrected chi connectivity index (χ3v) is 4.66. The van der Waals surface area contributed by atoms with E-state index in [0.29, 0.717) is 27.9 Å². The molecule has 0 radical (unpaired) electrons. The second kappa shape index (κ2) is 5.55. The van der Waals surface area contributed by atoms with Gasteiger partial charge in [-0.05, 0) is 31.2 Å². The van der Waals surface area contributed by atoms with Gasteiger partial charge in [0.05, 0.1) is 21.6 Å². The Hall–Kier alpha value is -2.60. The Kier molecular flexibility index (Phi) is 3.69. The molecule has 0 bridgehead atoms. The molecular weight excluding hydrogens is 312 g/mol. The van der Waals surface area contributed by atoms with Gasteiger partial charge in [0.25, 0.3) is 0 Å². The quantitative estimate of drug-likeness (QED) is 0.692. The summed E-state index contributed by atoms with van der Waals surface area (Å²) in [4.78, 5) is 20.9. The van der Waals surface area contributed by atoms with Crippen LogP contribution in [0.1, 0.15) is 17.3 Å². The number of ketones is 1. The van der Waals surface area contributed by atoms with Gasteiger partial charge in [0.15, 0.2) is 15.6 Å². The smallest absolute Gasteiger partial charge is 0.176 e. The van der Waals surface area contributed by atoms with E-state index in [1.807, 2.05) is 0 Å². The molecule has 2 heterocycles. The number of pyridine rings is 2. The molecule has 0 saturated carbocycles. The van der Waals surface area contributed by atoms with E-state index in [1.54, 1.807) is 42.6 Å². The molecule has 0 spiro atoms. The summed E-state index contributed by atoms with van der Waals surface area (Å²) < 4.78 is 24.1. The fourth-order valence-electron chi connectivity index (χ4n) is 2.46. The summed E-state index contributed by atoms with van der Waals surface area (Å²) in [5.41, 5.74) is 2.34. The van der Waals surface area contributed by atoms with Crippen LogP contribution in [0.3, 0.4) is 0 Å². The molecule has 0 amide bonds. The average Bonchev–Trinajstić information content (AvgIpc) is 2.52. The molecule has 0 atom stereocenters. The standard InChI is InChI=1S/C17H14N2O3S/c1-11(20)13-10-15-14(7-5-9-18-15)19-17(13)12-6-3-4-8-16(12)23(2,21)22/h3-10H,1-2H3. The molecule has 2 aromatic heterocycles. The predicted molar refractivity (Wildman–Crippen MR) is 88.1 cm³/mol. The van der Waals surface area contributed by atoms with Crippen LogP contribution in [0.25, 0.3) is 22.3 Å². The normalized spacial score (nSPS) is 11.6. The van der Waals surface area contributed by atoms with Gasteiger partial charge in [-0.1, -0.05) is 18.2 Å². The maximum Gasteiger partial charge on any atom is 0.176 e. The van der Waals surface area contributed by atoms with Gasteiger partial charge in [-0.15, -0.1) is 0 Å². The van der Waals surface area contributed by atoms with Gasteiger partial charge in [-0.2, -0.15) is 0 Å². The summed E-state index contributed by atoms with van der Waals surface area (Å²) in [5.74, 6) is -0.191. The molecule has 116 valence electrons. The van der Waals surface area contributed by atoms with Gasteiger partial charge in [0.2, 0.25) is 0 Å². The van der Waals surface area contributed by atoms with Crippen LogP contribution in [0.15, 0.2) is 53.6 Å². The van der Waals surface area contributed by atoms with Crippen LogP contribution in [-0.4, -0.2) is 30.4 Å². The van der Waals surface area contributed by atoms with Gasteiger partial charge in [0, 0.05) is 23.6 Å². The highest BCUT2D eigenvalue weighted by molar-refractivity contribution is 7.90. The van der Waals surface area contributed by atoms with Crippen molar-refractivity contribution >= 4 is 26.7 Å². The molecule has 5 nitrogen and oxygen atoms in total. The van der Waals surface area contributed by atoms with Crippen molar-refractivity contribution in [3.8, 4) is 11.3 Å². The number of carbonyl (C=O) groups excluding carboxylic acids is 1. The lowest BCUT2D eigenvalue weighted by Gasteiger charge is -2.11. The van der Waals surface area contributed by atoms with Gasteiger partial charge < -0.3 is 0 Å². The number of rotatable bonds is 3. The number of sulfone groups is 1. The Bertz CT molecular complexity index is 1030. The lowest BCUT2D eigenvalue weighted by Crippen LogP contribution is -2.05. The van der Waals surface area contributed by atoms with Crippen LogP contribution >= 0.6 is 0 Å². The number of carbonyl (C=O) groups is 1. The number of fused-ring (bicyclic) bond motifs is 1. The number of hydrogen-bond donors (Lipinski definition) is 0. The van der Waals surface area contributed by atoms with Gasteiger partial charge in [-0.25, -0.2) is 13.4 Å².